The Kier molecular flexibility index (Phi) is 4.99. The molecular weight excluding hydrogens is 281 g/mol. The maximum absolute atomic E-state index is 13.5. The van der Waals surface area contributed by atoms with Crippen molar-refractivity contribution in [2.24, 2.45) is 0 Å². The van der Waals surface area contributed by atoms with Crippen molar-refractivity contribution in [2.45, 2.75) is 13.0 Å². The van der Waals surface area contributed by atoms with Crippen molar-refractivity contribution in [3.05, 3.63) is 71.3 Å². The number of carbonyl (C=O) groups excluding carboxylic acids is 1. The molecule has 0 saturated heterocycles. The van der Waals surface area contributed by atoms with E-state index in [0.29, 0.717) is 0 Å². The van der Waals surface area contributed by atoms with Crippen LogP contribution in [0.25, 0.3) is 6.08 Å². The molecule has 1 amide bonds. The van der Waals surface area contributed by atoms with Gasteiger partial charge in [-0.25, -0.2) is 4.98 Å². The van der Waals surface area contributed by atoms with E-state index in [1.807, 2.05) is 37.3 Å². The molecule has 1 aromatic heterocycles. The van der Waals surface area contributed by atoms with E-state index in [1.54, 1.807) is 6.07 Å². The van der Waals surface area contributed by atoms with Crippen molar-refractivity contribution in [3.63, 3.8) is 0 Å². The van der Waals surface area contributed by atoms with Gasteiger partial charge in [-0.05, 0) is 30.7 Å². The molecule has 110 valence electrons. The molecule has 1 N–H and O–H groups in total. The van der Waals surface area contributed by atoms with E-state index in [4.69, 9.17) is 5.26 Å². The summed E-state index contributed by atoms with van der Waals surface area (Å²) in [5, 5.41) is 11.8. The van der Waals surface area contributed by atoms with Crippen molar-refractivity contribution in [2.75, 3.05) is 0 Å². The summed E-state index contributed by atoms with van der Waals surface area (Å²) in [6.45, 7) is 1.81. The highest BCUT2D eigenvalue weighted by atomic mass is 19.1. The number of rotatable bonds is 4. The Morgan fingerprint density at radius 3 is 2.68 bits per heavy atom. The normalized spacial score (nSPS) is 12.3. The largest absolute Gasteiger partial charge is 0.345 e. The van der Waals surface area contributed by atoms with Gasteiger partial charge < -0.3 is 5.32 Å². The molecular formula is C17H14FN3O. The van der Waals surface area contributed by atoms with Gasteiger partial charge in [0.25, 0.3) is 5.91 Å². The molecule has 4 nitrogen and oxygen atoms in total. The first kappa shape index (κ1) is 15.4. The van der Waals surface area contributed by atoms with Gasteiger partial charge in [0.05, 0.1) is 6.04 Å². The van der Waals surface area contributed by atoms with Gasteiger partial charge in [0.15, 0.2) is 0 Å². The third kappa shape index (κ3) is 3.76. The van der Waals surface area contributed by atoms with Gasteiger partial charge in [0.2, 0.25) is 5.95 Å². The number of nitrogens with zero attached hydrogens (tertiary/aromatic N) is 2. The van der Waals surface area contributed by atoms with Crippen LogP contribution in [0.3, 0.4) is 0 Å². The van der Waals surface area contributed by atoms with Crippen LogP contribution in [0.1, 0.15) is 24.1 Å². The Morgan fingerprint density at radius 1 is 1.32 bits per heavy atom. The zero-order valence-corrected chi connectivity index (χ0v) is 12.0. The maximum Gasteiger partial charge on any atom is 0.262 e. The fourth-order valence-electron chi connectivity index (χ4n) is 1.91. The molecule has 0 spiro atoms. The number of carbonyl (C=O) groups is 1. The van der Waals surface area contributed by atoms with Crippen LogP contribution in [0.15, 0.2) is 54.2 Å². The van der Waals surface area contributed by atoms with Crippen LogP contribution in [-0.2, 0) is 4.79 Å². The van der Waals surface area contributed by atoms with Crippen molar-refractivity contribution in [1.29, 1.82) is 5.26 Å². The summed E-state index contributed by atoms with van der Waals surface area (Å²) in [4.78, 5) is 15.6. The van der Waals surface area contributed by atoms with E-state index in [0.717, 1.165) is 5.56 Å². The Hall–Kier alpha value is -3.00. The summed E-state index contributed by atoms with van der Waals surface area (Å²) < 4.78 is 13.5. The van der Waals surface area contributed by atoms with Gasteiger partial charge in [0, 0.05) is 11.8 Å². The minimum atomic E-state index is -0.723. The highest BCUT2D eigenvalue weighted by Gasteiger charge is 2.14. The maximum atomic E-state index is 13.5. The number of nitrogens with one attached hydrogen (secondary N) is 1. The fourth-order valence-corrected chi connectivity index (χ4v) is 1.91. The first-order chi connectivity index (χ1) is 10.6. The van der Waals surface area contributed by atoms with Gasteiger partial charge in [0.1, 0.15) is 11.6 Å². The van der Waals surface area contributed by atoms with E-state index in [1.165, 1.54) is 24.4 Å². The molecule has 0 saturated carbocycles. The second-order valence-electron chi connectivity index (χ2n) is 4.66. The molecule has 2 rings (SSSR count). The second-order valence-corrected chi connectivity index (χ2v) is 4.66. The van der Waals surface area contributed by atoms with E-state index in [9.17, 15) is 9.18 Å². The molecule has 22 heavy (non-hydrogen) atoms. The van der Waals surface area contributed by atoms with Gasteiger partial charge in [-0.1, -0.05) is 30.3 Å². The number of aromatic nitrogens is 1. The Bertz CT molecular complexity index is 735. The number of amides is 1. The Morgan fingerprint density at radius 2 is 2.05 bits per heavy atom. The molecule has 0 fully saturated rings. The van der Waals surface area contributed by atoms with Crippen LogP contribution in [0, 0.1) is 17.3 Å². The lowest BCUT2D eigenvalue weighted by Crippen LogP contribution is -2.27. The van der Waals surface area contributed by atoms with Gasteiger partial charge in [-0.2, -0.15) is 9.65 Å². The Labute approximate surface area is 127 Å². The third-order valence-corrected chi connectivity index (χ3v) is 3.10. The van der Waals surface area contributed by atoms with Gasteiger partial charge in [-0.3, -0.25) is 4.79 Å². The Balaban J connectivity index is 2.17. The standard InChI is InChI=1S/C17H14FN3O/c1-12(13-6-3-2-4-7-13)21-17(22)15(11-19)10-14-8-5-9-20-16(14)18/h2-10,12H,1H3,(H,21,22)/b15-10+. The average Bonchev–Trinajstić information content (AvgIpc) is 2.54. The van der Waals surface area contributed by atoms with Crippen molar-refractivity contribution in [3.8, 4) is 6.07 Å². The smallest absolute Gasteiger partial charge is 0.262 e. The lowest BCUT2D eigenvalue weighted by Gasteiger charge is -2.13. The first-order valence-corrected chi connectivity index (χ1v) is 6.70. The molecule has 1 atom stereocenters. The van der Waals surface area contributed by atoms with Crippen LogP contribution < -0.4 is 5.32 Å². The van der Waals surface area contributed by atoms with Crippen LogP contribution in [0.5, 0.6) is 0 Å². The molecule has 0 radical (unpaired) electrons. The molecule has 0 aliphatic heterocycles. The molecule has 5 heteroatoms. The van der Waals surface area contributed by atoms with Crippen molar-refractivity contribution >= 4 is 12.0 Å². The number of halogens is 1. The minimum absolute atomic E-state index is 0.0987. The lowest BCUT2D eigenvalue weighted by atomic mass is 10.1. The lowest BCUT2D eigenvalue weighted by molar-refractivity contribution is -0.117. The van der Waals surface area contributed by atoms with Crippen molar-refractivity contribution < 1.29 is 9.18 Å². The van der Waals surface area contributed by atoms with E-state index in [-0.39, 0.29) is 17.2 Å². The summed E-state index contributed by atoms with van der Waals surface area (Å²) in [7, 11) is 0. The van der Waals surface area contributed by atoms with E-state index in [2.05, 4.69) is 10.3 Å². The highest BCUT2D eigenvalue weighted by Crippen LogP contribution is 2.14. The summed E-state index contributed by atoms with van der Waals surface area (Å²) in [6, 6.07) is 13.9. The number of benzene rings is 1. The fraction of sp³-hybridized carbons (Fsp3) is 0.118. The van der Waals surface area contributed by atoms with Crippen LogP contribution in [0.2, 0.25) is 0 Å². The van der Waals surface area contributed by atoms with E-state index >= 15 is 0 Å². The first-order valence-electron chi connectivity index (χ1n) is 6.70. The molecule has 0 bridgehead atoms. The third-order valence-electron chi connectivity index (χ3n) is 3.10. The average molecular weight is 295 g/mol. The van der Waals surface area contributed by atoms with Gasteiger partial charge in [-0.15, -0.1) is 0 Å². The molecule has 1 heterocycles. The monoisotopic (exact) mass is 295 g/mol. The van der Waals surface area contributed by atoms with Gasteiger partial charge >= 0.3 is 0 Å². The highest BCUT2D eigenvalue weighted by molar-refractivity contribution is 6.01. The molecule has 0 aliphatic rings. The summed E-state index contributed by atoms with van der Waals surface area (Å²) >= 11 is 0. The molecule has 2 aromatic rings. The number of pyridine rings is 1. The zero-order valence-electron chi connectivity index (χ0n) is 12.0. The molecule has 0 aliphatic carbocycles. The predicted octanol–water partition coefficient (Wildman–Crippen LogP) is 3.01. The van der Waals surface area contributed by atoms with Crippen molar-refractivity contribution in [1.82, 2.24) is 10.3 Å². The summed E-state index contributed by atoms with van der Waals surface area (Å²) in [6.07, 6.45) is 2.49. The second kappa shape index (κ2) is 7.14. The minimum Gasteiger partial charge on any atom is -0.345 e. The summed E-state index contributed by atoms with van der Waals surface area (Å²) in [5.41, 5.74) is 0.844. The topological polar surface area (TPSA) is 65.8 Å². The van der Waals surface area contributed by atoms with Crippen LogP contribution >= 0.6 is 0 Å². The number of nitriles is 1. The van der Waals surface area contributed by atoms with E-state index < -0.39 is 11.9 Å². The SMILES string of the molecule is CC(NC(=O)/C(C#N)=C/c1cccnc1F)c1ccccc1. The van der Waals surface area contributed by atoms with Crippen LogP contribution in [0.4, 0.5) is 4.39 Å². The summed E-state index contributed by atoms with van der Waals surface area (Å²) in [5.74, 6) is -1.28. The number of hydrogen-bond acceptors (Lipinski definition) is 3. The molecule has 1 aromatic carbocycles. The van der Waals surface area contributed by atoms with Crippen LogP contribution in [-0.4, -0.2) is 10.9 Å². The number of hydrogen-bond donors (Lipinski definition) is 1. The molecule has 1 unspecified atom stereocenters. The zero-order chi connectivity index (χ0) is 15.9. The quantitative estimate of drug-likeness (QED) is 0.535. The predicted molar refractivity (Wildman–Crippen MR) is 80.8 cm³/mol.